The predicted octanol–water partition coefficient (Wildman–Crippen LogP) is 3.80. The van der Waals surface area contributed by atoms with Gasteiger partial charge in [-0.25, -0.2) is 0 Å². The number of anilines is 1. The van der Waals surface area contributed by atoms with Crippen LogP contribution >= 0.6 is 11.6 Å². The van der Waals surface area contributed by atoms with Gasteiger partial charge in [-0.2, -0.15) is 0 Å². The molecule has 3 nitrogen and oxygen atoms in total. The molecule has 0 saturated heterocycles. The molecule has 1 aliphatic heterocycles. The van der Waals surface area contributed by atoms with E-state index < -0.39 is 0 Å². The molecule has 1 aromatic carbocycles. The predicted molar refractivity (Wildman–Crippen MR) is 81.9 cm³/mol. The van der Waals surface area contributed by atoms with Crippen molar-refractivity contribution in [1.82, 2.24) is 0 Å². The zero-order valence-corrected chi connectivity index (χ0v) is 12.6. The average Bonchev–Trinajstić information content (AvgIpc) is 2.77. The molecule has 0 radical (unpaired) electrons. The number of fused-ring (bicyclic) bond motifs is 1. The third kappa shape index (κ3) is 2.33. The molecule has 1 unspecified atom stereocenters. The Kier molecular flexibility index (Phi) is 3.51. The second-order valence-electron chi connectivity index (χ2n) is 6.45. The van der Waals surface area contributed by atoms with Crippen LogP contribution in [0.5, 0.6) is 0 Å². The fraction of sp³-hybridized carbons (Fsp3) is 0.562. The van der Waals surface area contributed by atoms with Gasteiger partial charge in [0.25, 0.3) is 0 Å². The van der Waals surface area contributed by atoms with Crippen LogP contribution in [0.25, 0.3) is 0 Å². The van der Waals surface area contributed by atoms with E-state index in [1.807, 2.05) is 12.1 Å². The van der Waals surface area contributed by atoms with Gasteiger partial charge in [0.1, 0.15) is 0 Å². The van der Waals surface area contributed by atoms with E-state index in [1.54, 1.807) is 0 Å². The van der Waals surface area contributed by atoms with Crippen molar-refractivity contribution in [3.05, 3.63) is 28.3 Å². The summed E-state index contributed by atoms with van der Waals surface area (Å²) in [6, 6.07) is 3.82. The van der Waals surface area contributed by atoms with E-state index in [1.165, 1.54) is 19.3 Å². The van der Waals surface area contributed by atoms with E-state index in [9.17, 15) is 4.79 Å². The van der Waals surface area contributed by atoms with Crippen molar-refractivity contribution < 1.29 is 4.79 Å². The minimum atomic E-state index is -0.0590. The fourth-order valence-corrected chi connectivity index (χ4v) is 3.83. The van der Waals surface area contributed by atoms with Crippen LogP contribution in [0.3, 0.4) is 0 Å². The Morgan fingerprint density at radius 1 is 1.30 bits per heavy atom. The lowest BCUT2D eigenvalue weighted by molar-refractivity contribution is -0.115. The minimum Gasteiger partial charge on any atom is -0.325 e. The van der Waals surface area contributed by atoms with Gasteiger partial charge >= 0.3 is 0 Å². The van der Waals surface area contributed by atoms with Crippen molar-refractivity contribution >= 4 is 23.2 Å². The number of halogens is 1. The van der Waals surface area contributed by atoms with Gasteiger partial charge in [-0.3, -0.25) is 4.79 Å². The van der Waals surface area contributed by atoms with E-state index in [0.29, 0.717) is 11.4 Å². The molecule has 3 rings (SSSR count). The molecule has 1 atom stereocenters. The van der Waals surface area contributed by atoms with E-state index in [2.05, 4.69) is 12.2 Å². The van der Waals surface area contributed by atoms with Gasteiger partial charge in [-0.1, -0.05) is 43.9 Å². The monoisotopic (exact) mass is 292 g/mol. The number of rotatable bonds is 2. The van der Waals surface area contributed by atoms with Crippen LogP contribution < -0.4 is 11.1 Å². The van der Waals surface area contributed by atoms with Crippen LogP contribution in [0.15, 0.2) is 12.1 Å². The largest absolute Gasteiger partial charge is 0.325 e. The highest BCUT2D eigenvalue weighted by Gasteiger charge is 2.35. The lowest BCUT2D eigenvalue weighted by Crippen LogP contribution is -2.34. The van der Waals surface area contributed by atoms with Crippen LogP contribution in [0.4, 0.5) is 5.69 Å². The Hall–Kier alpha value is -1.06. The van der Waals surface area contributed by atoms with Crippen molar-refractivity contribution in [3.63, 3.8) is 0 Å². The first-order chi connectivity index (χ1) is 9.49. The SMILES string of the molecule is CC1(C(N)c2cc3c(cc2Cl)NC(=O)C3)CCCCC1. The van der Waals surface area contributed by atoms with Gasteiger partial charge in [0.2, 0.25) is 5.91 Å². The number of hydrogen-bond acceptors (Lipinski definition) is 2. The summed E-state index contributed by atoms with van der Waals surface area (Å²) in [5.74, 6) is 0.0330. The molecule has 4 heteroatoms. The van der Waals surface area contributed by atoms with Gasteiger partial charge in [0.05, 0.1) is 6.42 Å². The van der Waals surface area contributed by atoms with Gasteiger partial charge in [0.15, 0.2) is 0 Å². The molecule has 0 spiro atoms. The molecule has 0 bridgehead atoms. The number of nitrogens with two attached hydrogens (primary N) is 1. The maximum atomic E-state index is 11.5. The molecule has 1 saturated carbocycles. The number of carbonyl (C=O) groups excluding carboxylic acids is 1. The van der Waals surface area contributed by atoms with Crippen molar-refractivity contribution in [2.45, 2.75) is 51.5 Å². The summed E-state index contributed by atoms with van der Waals surface area (Å²) in [5, 5.41) is 3.50. The third-order valence-corrected chi connectivity index (χ3v) is 5.26. The Bertz CT molecular complexity index is 550. The first-order valence-electron chi connectivity index (χ1n) is 7.37. The highest BCUT2D eigenvalue weighted by molar-refractivity contribution is 6.32. The number of carbonyl (C=O) groups is 1. The Labute approximate surface area is 124 Å². The molecule has 1 aromatic rings. The summed E-state index contributed by atoms with van der Waals surface area (Å²) in [7, 11) is 0. The summed E-state index contributed by atoms with van der Waals surface area (Å²) in [6.07, 6.45) is 6.53. The molecule has 1 aliphatic carbocycles. The zero-order chi connectivity index (χ0) is 14.3. The Balaban J connectivity index is 1.94. The van der Waals surface area contributed by atoms with Gasteiger partial charge in [-0.15, -0.1) is 0 Å². The summed E-state index contributed by atoms with van der Waals surface area (Å²) >= 11 is 6.40. The Morgan fingerprint density at radius 3 is 2.70 bits per heavy atom. The highest BCUT2D eigenvalue weighted by atomic mass is 35.5. The van der Waals surface area contributed by atoms with Crippen molar-refractivity contribution in [1.29, 1.82) is 0 Å². The standard InChI is InChI=1S/C16H21ClN2O/c1-16(5-3-2-4-6-16)15(18)11-7-10-8-14(20)19-13(10)9-12(11)17/h7,9,15H,2-6,8,18H2,1H3,(H,19,20). The van der Waals surface area contributed by atoms with Crippen LogP contribution in [0.1, 0.15) is 56.2 Å². The van der Waals surface area contributed by atoms with Gasteiger partial charge in [0, 0.05) is 16.8 Å². The molecule has 1 fully saturated rings. The Morgan fingerprint density at radius 2 is 2.00 bits per heavy atom. The molecule has 1 heterocycles. The number of nitrogens with one attached hydrogen (secondary N) is 1. The summed E-state index contributed by atoms with van der Waals surface area (Å²) in [6.45, 7) is 2.27. The summed E-state index contributed by atoms with van der Waals surface area (Å²) in [5.41, 5.74) is 9.51. The molecule has 1 amide bonds. The van der Waals surface area contributed by atoms with E-state index in [0.717, 1.165) is 29.7 Å². The molecular weight excluding hydrogens is 272 g/mol. The van der Waals surface area contributed by atoms with E-state index in [4.69, 9.17) is 17.3 Å². The first kappa shape index (κ1) is 13.9. The van der Waals surface area contributed by atoms with Crippen LogP contribution in [0.2, 0.25) is 5.02 Å². The van der Waals surface area contributed by atoms with E-state index >= 15 is 0 Å². The minimum absolute atomic E-state index is 0.0330. The number of hydrogen-bond donors (Lipinski definition) is 2. The van der Waals surface area contributed by atoms with Crippen molar-refractivity contribution in [2.75, 3.05) is 5.32 Å². The van der Waals surface area contributed by atoms with Crippen LogP contribution in [0, 0.1) is 5.41 Å². The lowest BCUT2D eigenvalue weighted by Gasteiger charge is -2.39. The molecule has 20 heavy (non-hydrogen) atoms. The molecule has 108 valence electrons. The highest BCUT2D eigenvalue weighted by Crippen LogP contribution is 2.46. The quantitative estimate of drug-likeness (QED) is 0.871. The second kappa shape index (κ2) is 5.05. The smallest absolute Gasteiger partial charge is 0.228 e. The van der Waals surface area contributed by atoms with Crippen LogP contribution in [-0.4, -0.2) is 5.91 Å². The zero-order valence-electron chi connectivity index (χ0n) is 11.8. The first-order valence-corrected chi connectivity index (χ1v) is 7.75. The second-order valence-corrected chi connectivity index (χ2v) is 6.86. The molecule has 3 N–H and O–H groups in total. The molecule has 0 aromatic heterocycles. The lowest BCUT2D eigenvalue weighted by atomic mass is 9.69. The number of amides is 1. The fourth-order valence-electron chi connectivity index (χ4n) is 3.55. The average molecular weight is 293 g/mol. The third-order valence-electron chi connectivity index (χ3n) is 4.93. The number of benzene rings is 1. The molecule has 2 aliphatic rings. The molecular formula is C16H21ClN2O. The van der Waals surface area contributed by atoms with E-state index in [-0.39, 0.29) is 17.4 Å². The van der Waals surface area contributed by atoms with Gasteiger partial charge in [-0.05, 0) is 35.4 Å². The van der Waals surface area contributed by atoms with Crippen LogP contribution in [-0.2, 0) is 11.2 Å². The summed E-state index contributed by atoms with van der Waals surface area (Å²) < 4.78 is 0. The van der Waals surface area contributed by atoms with Gasteiger partial charge < -0.3 is 11.1 Å². The summed E-state index contributed by atoms with van der Waals surface area (Å²) in [4.78, 5) is 11.5. The van der Waals surface area contributed by atoms with Crippen molar-refractivity contribution in [2.24, 2.45) is 11.1 Å². The topological polar surface area (TPSA) is 55.1 Å². The normalized spacial score (nSPS) is 22.2. The maximum Gasteiger partial charge on any atom is 0.228 e. The maximum absolute atomic E-state index is 11.5. The van der Waals surface area contributed by atoms with Crippen molar-refractivity contribution in [3.8, 4) is 0 Å².